The number of imidazole rings is 1. The molecule has 3 heterocycles. The summed E-state index contributed by atoms with van der Waals surface area (Å²) < 4.78 is 4.74. The molecule has 0 saturated carbocycles. The van der Waals surface area contributed by atoms with E-state index in [0.29, 0.717) is 28.5 Å². The van der Waals surface area contributed by atoms with Crippen LogP contribution in [0, 0.1) is 0 Å². The predicted octanol–water partition coefficient (Wildman–Crippen LogP) is 2.45. The molecule has 168 valence electrons. The summed E-state index contributed by atoms with van der Waals surface area (Å²) in [6.45, 7) is 2.01. The van der Waals surface area contributed by atoms with Gasteiger partial charge in [0, 0.05) is 24.1 Å². The predicted molar refractivity (Wildman–Crippen MR) is 123 cm³/mol. The van der Waals surface area contributed by atoms with Crippen molar-refractivity contribution in [2.24, 2.45) is 14.1 Å². The number of halogens is 2. The van der Waals surface area contributed by atoms with Crippen LogP contribution < -0.4 is 16.8 Å². The summed E-state index contributed by atoms with van der Waals surface area (Å²) in [6, 6.07) is 4.93. The van der Waals surface area contributed by atoms with Gasteiger partial charge in [0.15, 0.2) is 11.2 Å². The van der Waals surface area contributed by atoms with E-state index in [2.05, 4.69) is 4.98 Å². The Morgan fingerprint density at radius 3 is 2.44 bits per heavy atom. The molecule has 4 rings (SSSR count). The lowest BCUT2D eigenvalue weighted by molar-refractivity contribution is 0.432. The summed E-state index contributed by atoms with van der Waals surface area (Å²) in [5.41, 5.74) is -0.771. The topological polar surface area (TPSA) is 104 Å². The maximum atomic E-state index is 13.4. The Balaban J connectivity index is 2.16. The summed E-state index contributed by atoms with van der Waals surface area (Å²) >= 11 is 12.3. The minimum Gasteiger partial charge on any atom is -0.494 e. The largest absolute Gasteiger partial charge is 0.494 e. The first-order valence-corrected chi connectivity index (χ1v) is 10.8. The minimum absolute atomic E-state index is 0.0100. The molecule has 0 amide bonds. The Hall–Kier alpha value is -3.04. The number of aromatic hydroxyl groups is 1. The van der Waals surface area contributed by atoms with Gasteiger partial charge in [-0.15, -0.1) is 0 Å². The van der Waals surface area contributed by atoms with Crippen molar-refractivity contribution in [3.8, 4) is 5.88 Å². The van der Waals surface area contributed by atoms with Crippen LogP contribution in [0.4, 0.5) is 0 Å². The van der Waals surface area contributed by atoms with Gasteiger partial charge in [-0.2, -0.15) is 4.98 Å². The summed E-state index contributed by atoms with van der Waals surface area (Å²) in [5.74, 6) is -0.317. The second-order valence-electron chi connectivity index (χ2n) is 7.66. The third-order valence-corrected chi connectivity index (χ3v) is 6.18. The second-order valence-corrected chi connectivity index (χ2v) is 8.50. The molecule has 0 radical (unpaired) electrons. The molecule has 32 heavy (non-hydrogen) atoms. The summed E-state index contributed by atoms with van der Waals surface area (Å²) in [6.07, 6.45) is 1.79. The third kappa shape index (κ3) is 3.32. The molecular weight excluding hydrogens is 457 g/mol. The maximum absolute atomic E-state index is 13.4. The van der Waals surface area contributed by atoms with Crippen molar-refractivity contribution in [2.45, 2.75) is 32.7 Å². The third-order valence-electron chi connectivity index (χ3n) is 5.59. The van der Waals surface area contributed by atoms with Gasteiger partial charge in [-0.1, -0.05) is 42.6 Å². The van der Waals surface area contributed by atoms with E-state index in [1.54, 1.807) is 18.2 Å². The van der Waals surface area contributed by atoms with Gasteiger partial charge in [0.2, 0.25) is 11.7 Å². The van der Waals surface area contributed by atoms with Crippen LogP contribution in [0.25, 0.3) is 16.9 Å². The summed E-state index contributed by atoms with van der Waals surface area (Å²) in [7, 11) is 2.83. The van der Waals surface area contributed by atoms with Crippen molar-refractivity contribution in [2.75, 3.05) is 0 Å². The van der Waals surface area contributed by atoms with Crippen LogP contribution in [0.2, 0.25) is 10.0 Å². The van der Waals surface area contributed by atoms with Crippen LogP contribution in [0.3, 0.4) is 0 Å². The minimum atomic E-state index is -0.623. The van der Waals surface area contributed by atoms with E-state index >= 15 is 0 Å². The lowest BCUT2D eigenvalue weighted by atomic mass is 10.1. The van der Waals surface area contributed by atoms with Gasteiger partial charge in [-0.25, -0.2) is 9.20 Å². The molecule has 1 N–H and O–H groups in total. The van der Waals surface area contributed by atoms with E-state index < -0.39 is 16.8 Å². The highest BCUT2D eigenvalue weighted by atomic mass is 35.5. The highest BCUT2D eigenvalue weighted by Crippen LogP contribution is 2.25. The van der Waals surface area contributed by atoms with Gasteiger partial charge in [-0.3, -0.25) is 23.3 Å². The maximum Gasteiger partial charge on any atom is 0.332 e. The van der Waals surface area contributed by atoms with Crippen molar-refractivity contribution in [3.05, 3.63) is 70.6 Å². The molecule has 0 spiro atoms. The Morgan fingerprint density at radius 2 is 1.78 bits per heavy atom. The fourth-order valence-corrected chi connectivity index (χ4v) is 4.25. The molecule has 0 bridgehead atoms. The number of aromatic nitrogens is 5. The average Bonchev–Trinajstić information content (AvgIpc) is 3.16. The number of aryl methyl sites for hydroxylation is 1. The SMILES string of the molecule is CCCCc1c(O)n2c3c(=O)n(C)c(=O)n(C)c3nc2n(Cc2ccc(Cl)cc2Cl)c1=O. The van der Waals surface area contributed by atoms with E-state index in [1.165, 1.54) is 27.6 Å². The zero-order valence-electron chi connectivity index (χ0n) is 17.7. The van der Waals surface area contributed by atoms with Crippen LogP contribution in [0.5, 0.6) is 5.88 Å². The summed E-state index contributed by atoms with van der Waals surface area (Å²) in [4.78, 5) is 43.2. The van der Waals surface area contributed by atoms with Crippen molar-refractivity contribution in [3.63, 3.8) is 0 Å². The van der Waals surface area contributed by atoms with Gasteiger partial charge in [0.25, 0.3) is 11.1 Å². The van der Waals surface area contributed by atoms with E-state index in [4.69, 9.17) is 23.2 Å². The van der Waals surface area contributed by atoms with Crippen molar-refractivity contribution >= 4 is 40.1 Å². The van der Waals surface area contributed by atoms with Crippen molar-refractivity contribution < 1.29 is 5.11 Å². The Labute approximate surface area is 191 Å². The molecule has 3 aromatic heterocycles. The van der Waals surface area contributed by atoms with Gasteiger partial charge in [0.1, 0.15) is 0 Å². The molecule has 4 aromatic rings. The molecule has 9 nitrogen and oxygen atoms in total. The normalized spacial score (nSPS) is 11.7. The zero-order chi connectivity index (χ0) is 23.3. The van der Waals surface area contributed by atoms with Crippen LogP contribution in [-0.4, -0.2) is 28.2 Å². The van der Waals surface area contributed by atoms with Crippen LogP contribution >= 0.6 is 23.2 Å². The van der Waals surface area contributed by atoms with Gasteiger partial charge >= 0.3 is 5.69 Å². The van der Waals surface area contributed by atoms with Crippen molar-refractivity contribution in [1.29, 1.82) is 0 Å². The summed E-state index contributed by atoms with van der Waals surface area (Å²) in [5, 5.41) is 11.9. The average molecular weight is 478 g/mol. The molecule has 0 unspecified atom stereocenters. The fraction of sp³-hybridized carbons (Fsp3) is 0.333. The Kier molecular flexibility index (Phi) is 5.64. The quantitative estimate of drug-likeness (QED) is 0.475. The second kappa shape index (κ2) is 8.14. The highest BCUT2D eigenvalue weighted by Gasteiger charge is 2.24. The van der Waals surface area contributed by atoms with Gasteiger partial charge in [0.05, 0.1) is 12.1 Å². The van der Waals surface area contributed by atoms with E-state index in [9.17, 15) is 19.5 Å². The molecule has 0 fully saturated rings. The van der Waals surface area contributed by atoms with E-state index in [-0.39, 0.29) is 34.9 Å². The van der Waals surface area contributed by atoms with Crippen LogP contribution in [-0.2, 0) is 27.1 Å². The Morgan fingerprint density at radius 1 is 1.06 bits per heavy atom. The van der Waals surface area contributed by atoms with E-state index in [1.807, 2.05) is 6.92 Å². The number of fused-ring (bicyclic) bond motifs is 3. The highest BCUT2D eigenvalue weighted by molar-refractivity contribution is 6.35. The molecule has 11 heteroatoms. The number of unbranched alkanes of at least 4 members (excludes halogenated alkanes) is 1. The lowest BCUT2D eigenvalue weighted by Gasteiger charge is -2.14. The van der Waals surface area contributed by atoms with E-state index in [0.717, 1.165) is 11.0 Å². The van der Waals surface area contributed by atoms with Crippen LogP contribution in [0.15, 0.2) is 32.6 Å². The zero-order valence-corrected chi connectivity index (χ0v) is 19.2. The molecular formula is C21H21Cl2N5O4. The monoisotopic (exact) mass is 477 g/mol. The first-order valence-electron chi connectivity index (χ1n) is 10.0. The number of hydrogen-bond acceptors (Lipinski definition) is 5. The molecule has 1 aromatic carbocycles. The van der Waals surface area contributed by atoms with Gasteiger partial charge in [-0.05, 0) is 30.5 Å². The molecule has 0 aliphatic heterocycles. The number of nitrogens with zero attached hydrogens (tertiary/aromatic N) is 5. The first-order chi connectivity index (χ1) is 15.2. The molecule has 0 atom stereocenters. The molecule has 0 aliphatic carbocycles. The first kappa shape index (κ1) is 22.2. The van der Waals surface area contributed by atoms with Crippen LogP contribution in [0.1, 0.15) is 30.9 Å². The standard InChI is InChI=1S/C21H21Cl2N5O4/c1-4-5-6-13-17(29)27(10-11-7-8-12(22)9-14(11)23)20-24-16-15(28(20)18(13)30)19(31)26(3)21(32)25(16)2/h7-9,30H,4-6,10H2,1-3H3. The van der Waals surface area contributed by atoms with Gasteiger partial charge < -0.3 is 5.11 Å². The number of rotatable bonds is 5. The Bertz CT molecular complexity index is 1560. The molecule has 0 aliphatic rings. The lowest BCUT2D eigenvalue weighted by Crippen LogP contribution is -2.37. The van der Waals surface area contributed by atoms with Crippen molar-refractivity contribution in [1.82, 2.24) is 23.1 Å². The number of benzene rings is 1. The molecule has 0 saturated heterocycles. The number of hydrogen-bond donors (Lipinski definition) is 1. The fourth-order valence-electron chi connectivity index (χ4n) is 3.79. The smallest absolute Gasteiger partial charge is 0.332 e.